The molecule has 0 aliphatic rings. The molecule has 0 saturated carbocycles. The van der Waals surface area contributed by atoms with Gasteiger partial charge in [0.1, 0.15) is 5.82 Å². The van der Waals surface area contributed by atoms with Crippen molar-refractivity contribution < 1.29 is 9.18 Å². The molecule has 0 atom stereocenters. The van der Waals surface area contributed by atoms with E-state index < -0.39 is 0 Å². The van der Waals surface area contributed by atoms with Gasteiger partial charge < -0.3 is 5.32 Å². The van der Waals surface area contributed by atoms with Crippen LogP contribution in [0.15, 0.2) is 40.2 Å². The molecule has 2 nitrogen and oxygen atoms in total. The van der Waals surface area contributed by atoms with E-state index in [9.17, 15) is 9.18 Å². The molecule has 0 aliphatic carbocycles. The summed E-state index contributed by atoms with van der Waals surface area (Å²) in [7, 11) is 0. The topological polar surface area (TPSA) is 29.1 Å². The average molecular weight is 342 g/mol. The van der Waals surface area contributed by atoms with Crippen LogP contribution in [0.2, 0.25) is 0 Å². The number of carbonyl (C=O) groups is 1. The number of rotatable bonds is 5. The molecule has 0 bridgehead atoms. The lowest BCUT2D eigenvalue weighted by atomic mass is 10.1. The van der Waals surface area contributed by atoms with Crippen molar-refractivity contribution in [3.63, 3.8) is 0 Å². The molecular weight excluding hydrogens is 329 g/mol. The number of nitrogens with one attached hydrogen (secondary N) is 1. The molecule has 2 rings (SSSR count). The standard InChI is InChI=1S/C14H13BrFNOS/c15-13-6-5-12(19-13)9-14(18)17-8-7-10-1-3-11(16)4-2-10/h1-6H,7-9H2,(H,17,18). The van der Waals surface area contributed by atoms with Gasteiger partial charge in [0.25, 0.3) is 0 Å². The third-order valence-electron chi connectivity index (χ3n) is 2.61. The van der Waals surface area contributed by atoms with Crippen LogP contribution in [-0.4, -0.2) is 12.5 Å². The van der Waals surface area contributed by atoms with Crippen molar-refractivity contribution >= 4 is 33.2 Å². The lowest BCUT2D eigenvalue weighted by Crippen LogP contribution is -2.26. The van der Waals surface area contributed by atoms with Gasteiger partial charge >= 0.3 is 0 Å². The van der Waals surface area contributed by atoms with Crippen molar-refractivity contribution in [1.29, 1.82) is 0 Å². The van der Waals surface area contributed by atoms with Crippen LogP contribution < -0.4 is 5.32 Å². The van der Waals surface area contributed by atoms with E-state index in [4.69, 9.17) is 0 Å². The molecule has 1 N–H and O–H groups in total. The highest BCUT2D eigenvalue weighted by molar-refractivity contribution is 9.11. The summed E-state index contributed by atoms with van der Waals surface area (Å²) in [4.78, 5) is 12.7. The lowest BCUT2D eigenvalue weighted by molar-refractivity contribution is -0.120. The maximum Gasteiger partial charge on any atom is 0.225 e. The fourth-order valence-corrected chi connectivity index (χ4v) is 3.15. The quantitative estimate of drug-likeness (QED) is 0.885. The normalized spacial score (nSPS) is 10.4. The molecule has 1 aromatic heterocycles. The summed E-state index contributed by atoms with van der Waals surface area (Å²) in [6.07, 6.45) is 1.11. The minimum absolute atomic E-state index is 0.0106. The number of benzene rings is 1. The smallest absolute Gasteiger partial charge is 0.225 e. The highest BCUT2D eigenvalue weighted by Gasteiger charge is 2.05. The predicted octanol–water partition coefficient (Wildman–Crippen LogP) is 3.55. The summed E-state index contributed by atoms with van der Waals surface area (Å²) in [5.41, 5.74) is 1.01. The van der Waals surface area contributed by atoms with E-state index in [1.807, 2.05) is 12.1 Å². The van der Waals surface area contributed by atoms with Crippen molar-refractivity contribution in [2.24, 2.45) is 0 Å². The maximum absolute atomic E-state index is 12.7. The van der Waals surface area contributed by atoms with Crippen molar-refractivity contribution in [2.45, 2.75) is 12.8 Å². The number of hydrogen-bond donors (Lipinski definition) is 1. The van der Waals surface area contributed by atoms with Crippen LogP contribution in [0, 0.1) is 5.82 Å². The summed E-state index contributed by atoms with van der Waals surface area (Å²) in [5.74, 6) is -0.229. The van der Waals surface area contributed by atoms with E-state index in [0.29, 0.717) is 19.4 Å². The maximum atomic E-state index is 12.7. The highest BCUT2D eigenvalue weighted by atomic mass is 79.9. The minimum atomic E-state index is -0.240. The first-order valence-electron chi connectivity index (χ1n) is 5.89. The monoisotopic (exact) mass is 341 g/mol. The van der Waals surface area contributed by atoms with Crippen LogP contribution in [-0.2, 0) is 17.6 Å². The third-order valence-corrected chi connectivity index (χ3v) is 4.24. The fourth-order valence-electron chi connectivity index (χ4n) is 1.66. The second-order valence-electron chi connectivity index (χ2n) is 4.11. The Morgan fingerprint density at radius 1 is 1.21 bits per heavy atom. The van der Waals surface area contributed by atoms with E-state index in [-0.39, 0.29) is 11.7 Å². The Balaban J connectivity index is 1.73. The molecule has 0 spiro atoms. The van der Waals surface area contributed by atoms with Gasteiger partial charge in [0.05, 0.1) is 10.2 Å². The first-order chi connectivity index (χ1) is 9.13. The summed E-state index contributed by atoms with van der Waals surface area (Å²) in [6, 6.07) is 10.2. The van der Waals surface area contributed by atoms with Gasteiger partial charge in [0.2, 0.25) is 5.91 Å². The van der Waals surface area contributed by atoms with Gasteiger partial charge in [-0.15, -0.1) is 11.3 Å². The Kier molecular flexibility index (Phi) is 5.10. The van der Waals surface area contributed by atoms with E-state index in [0.717, 1.165) is 14.2 Å². The summed E-state index contributed by atoms with van der Waals surface area (Å²) >= 11 is 4.93. The largest absolute Gasteiger partial charge is 0.355 e. The van der Waals surface area contributed by atoms with E-state index in [1.54, 1.807) is 23.5 Å². The SMILES string of the molecule is O=C(Cc1ccc(Br)s1)NCCc1ccc(F)cc1. The van der Waals surface area contributed by atoms with Gasteiger partial charge in [0.15, 0.2) is 0 Å². The summed E-state index contributed by atoms with van der Waals surface area (Å²) in [6.45, 7) is 0.566. The molecule has 0 unspecified atom stereocenters. The Labute approximate surface area is 123 Å². The van der Waals surface area contributed by atoms with Crippen LogP contribution in [0.1, 0.15) is 10.4 Å². The first-order valence-corrected chi connectivity index (χ1v) is 7.50. The molecule has 2 aromatic rings. The van der Waals surface area contributed by atoms with Crippen molar-refractivity contribution in [1.82, 2.24) is 5.32 Å². The van der Waals surface area contributed by atoms with E-state index in [2.05, 4.69) is 21.2 Å². The van der Waals surface area contributed by atoms with Crippen LogP contribution in [0.25, 0.3) is 0 Å². The number of carbonyl (C=O) groups excluding carboxylic acids is 1. The molecule has 1 aromatic carbocycles. The summed E-state index contributed by atoms with van der Waals surface area (Å²) < 4.78 is 13.7. The van der Waals surface area contributed by atoms with Crippen molar-refractivity contribution in [3.05, 3.63) is 56.4 Å². The zero-order valence-corrected chi connectivity index (χ0v) is 12.6. The molecular formula is C14H13BrFNOS. The number of hydrogen-bond acceptors (Lipinski definition) is 2. The molecule has 1 amide bonds. The Morgan fingerprint density at radius 2 is 1.95 bits per heavy atom. The molecule has 0 aliphatic heterocycles. The van der Waals surface area contributed by atoms with Gasteiger partial charge in [-0.25, -0.2) is 4.39 Å². The second-order valence-corrected chi connectivity index (χ2v) is 6.66. The molecule has 0 saturated heterocycles. The number of halogens is 2. The third kappa shape index (κ3) is 4.76. The van der Waals surface area contributed by atoms with E-state index >= 15 is 0 Å². The predicted molar refractivity (Wildman–Crippen MR) is 78.8 cm³/mol. The summed E-state index contributed by atoms with van der Waals surface area (Å²) in [5, 5.41) is 2.86. The van der Waals surface area contributed by atoms with Crippen molar-refractivity contribution in [3.8, 4) is 0 Å². The molecule has 19 heavy (non-hydrogen) atoms. The van der Waals surface area contributed by atoms with Gasteiger partial charge in [-0.05, 0) is 52.2 Å². The van der Waals surface area contributed by atoms with Crippen molar-refractivity contribution in [2.75, 3.05) is 6.54 Å². The zero-order valence-electron chi connectivity index (χ0n) is 10.2. The van der Waals surface area contributed by atoms with Crippen LogP contribution >= 0.6 is 27.3 Å². The molecule has 1 heterocycles. The Morgan fingerprint density at radius 3 is 2.58 bits per heavy atom. The zero-order chi connectivity index (χ0) is 13.7. The van der Waals surface area contributed by atoms with Crippen LogP contribution in [0.4, 0.5) is 4.39 Å². The molecule has 0 fully saturated rings. The Bertz CT molecular complexity index is 553. The minimum Gasteiger partial charge on any atom is -0.355 e. The number of amides is 1. The van der Waals surface area contributed by atoms with E-state index in [1.165, 1.54) is 12.1 Å². The molecule has 5 heteroatoms. The first kappa shape index (κ1) is 14.2. The van der Waals surface area contributed by atoms with Crippen LogP contribution in [0.3, 0.4) is 0 Å². The highest BCUT2D eigenvalue weighted by Crippen LogP contribution is 2.22. The average Bonchev–Trinajstić information content (AvgIpc) is 2.77. The lowest BCUT2D eigenvalue weighted by Gasteiger charge is -2.04. The van der Waals surface area contributed by atoms with Gasteiger partial charge in [-0.2, -0.15) is 0 Å². The fraction of sp³-hybridized carbons (Fsp3) is 0.214. The number of thiophene rings is 1. The van der Waals surface area contributed by atoms with Gasteiger partial charge in [0, 0.05) is 11.4 Å². The second kappa shape index (κ2) is 6.82. The van der Waals surface area contributed by atoms with Gasteiger partial charge in [-0.1, -0.05) is 12.1 Å². The van der Waals surface area contributed by atoms with Gasteiger partial charge in [-0.3, -0.25) is 4.79 Å². The van der Waals surface area contributed by atoms with Crippen LogP contribution in [0.5, 0.6) is 0 Å². The molecule has 0 radical (unpaired) electrons. The Hall–Kier alpha value is -1.20. The molecule has 100 valence electrons.